The number of Topliss-reactive ketones (excluding diaryl/α,β-unsaturated/α-hetero) is 1. The minimum Gasteiger partial charge on any atom is -0.468 e. The van der Waals surface area contributed by atoms with Gasteiger partial charge in [0.2, 0.25) is 0 Å². The number of carbonyl (C=O) groups is 3. The van der Waals surface area contributed by atoms with Crippen molar-refractivity contribution in [2.45, 2.75) is 38.7 Å². The highest BCUT2D eigenvalue weighted by Gasteiger charge is 2.54. The van der Waals surface area contributed by atoms with Crippen LogP contribution in [0, 0.1) is 5.41 Å². The number of allylic oxidation sites excluding steroid dienone is 2. The summed E-state index contributed by atoms with van der Waals surface area (Å²) >= 11 is 3.52. The summed E-state index contributed by atoms with van der Waals surface area (Å²) in [6.45, 7) is 1.55. The third kappa shape index (κ3) is 6.30. The molecule has 7 nitrogen and oxygen atoms in total. The first kappa shape index (κ1) is 32.1. The molecule has 0 unspecified atom stereocenters. The van der Waals surface area contributed by atoms with Gasteiger partial charge in [-0.15, -0.1) is 0 Å². The third-order valence-corrected chi connectivity index (χ3v) is 8.86. The van der Waals surface area contributed by atoms with Gasteiger partial charge in [0, 0.05) is 47.5 Å². The fourth-order valence-corrected chi connectivity index (χ4v) is 6.48. The summed E-state index contributed by atoms with van der Waals surface area (Å²) < 4.78 is 24.3. The number of esters is 2. The lowest BCUT2D eigenvalue weighted by atomic mass is 9.68. The molecule has 0 bridgehead atoms. The van der Waals surface area contributed by atoms with Gasteiger partial charge in [0.05, 0.1) is 14.2 Å². The van der Waals surface area contributed by atoms with Crippen LogP contribution in [0.4, 0.5) is 0 Å². The molecule has 8 heteroatoms. The number of benzene rings is 3. The van der Waals surface area contributed by atoms with Gasteiger partial charge < -0.3 is 23.4 Å². The molecule has 3 aromatic carbocycles. The second kappa shape index (κ2) is 13.8. The highest BCUT2D eigenvalue weighted by Crippen LogP contribution is 2.53. The van der Waals surface area contributed by atoms with Gasteiger partial charge in [0.15, 0.2) is 5.41 Å². The maximum atomic E-state index is 13.6. The number of ether oxygens (including phenoxy) is 3. The number of rotatable bonds is 10. The fraction of sp³-hybridized carbons (Fsp3) is 0.270. The number of methoxy groups -OCH3 is 3. The van der Waals surface area contributed by atoms with Gasteiger partial charge in [-0.1, -0.05) is 88.7 Å². The van der Waals surface area contributed by atoms with Gasteiger partial charge in [0.1, 0.15) is 23.4 Å². The van der Waals surface area contributed by atoms with Crippen LogP contribution in [0.1, 0.15) is 60.3 Å². The summed E-state index contributed by atoms with van der Waals surface area (Å²) in [6, 6.07) is 27.3. The van der Waals surface area contributed by atoms with Crippen molar-refractivity contribution in [3.05, 3.63) is 117 Å². The van der Waals surface area contributed by atoms with E-state index in [0.717, 1.165) is 37.9 Å². The van der Waals surface area contributed by atoms with Crippen molar-refractivity contribution in [2.75, 3.05) is 21.3 Å². The number of hydrogen-bond acceptors (Lipinski definition) is 7. The van der Waals surface area contributed by atoms with E-state index in [2.05, 4.69) is 15.9 Å². The molecule has 0 saturated heterocycles. The Kier molecular flexibility index (Phi) is 9.85. The summed E-state index contributed by atoms with van der Waals surface area (Å²) in [5.41, 5.74) is 3.93. The maximum Gasteiger partial charge on any atom is 0.324 e. The van der Waals surface area contributed by atoms with Crippen molar-refractivity contribution in [2.24, 2.45) is 5.41 Å². The second-order valence-corrected chi connectivity index (χ2v) is 12.0. The predicted molar refractivity (Wildman–Crippen MR) is 175 cm³/mol. The molecule has 45 heavy (non-hydrogen) atoms. The number of ketones is 1. The molecule has 5 rings (SSSR count). The molecule has 1 heterocycles. The summed E-state index contributed by atoms with van der Waals surface area (Å²) in [5.74, 6) is -0.406. The Balaban J connectivity index is 1.93. The number of furan rings is 1. The lowest BCUT2D eigenvalue weighted by Gasteiger charge is -2.34. The molecule has 0 N–H and O–H groups in total. The molecule has 1 atom stereocenters. The molecule has 232 valence electrons. The molecule has 1 aliphatic rings. The summed E-state index contributed by atoms with van der Waals surface area (Å²) in [5, 5.41) is 0. The van der Waals surface area contributed by atoms with Crippen LogP contribution in [0.2, 0.25) is 0 Å². The number of fused-ring (bicyclic) bond motifs is 1. The van der Waals surface area contributed by atoms with E-state index in [4.69, 9.17) is 18.6 Å². The van der Waals surface area contributed by atoms with Crippen molar-refractivity contribution in [1.29, 1.82) is 0 Å². The maximum absolute atomic E-state index is 13.6. The molecular formula is C37H35BrO7. The SMILES string of the molecule is COC(=O)C1(C(=O)OC)C/C(=C(/CCC(C)=O)c2ccc(Br)cc2)c2c(oc(-c3ccccc3)c2[C@@H](OC)c2ccccc2)C1. The summed E-state index contributed by atoms with van der Waals surface area (Å²) in [6.07, 6.45) is -0.00533. The van der Waals surface area contributed by atoms with Crippen LogP contribution in [0.15, 0.2) is 93.8 Å². The largest absolute Gasteiger partial charge is 0.468 e. The van der Waals surface area contributed by atoms with E-state index in [9.17, 15) is 14.4 Å². The van der Waals surface area contributed by atoms with Gasteiger partial charge in [0.25, 0.3) is 0 Å². The van der Waals surface area contributed by atoms with Crippen LogP contribution in [0.25, 0.3) is 22.5 Å². The lowest BCUT2D eigenvalue weighted by molar-refractivity contribution is -0.169. The van der Waals surface area contributed by atoms with E-state index in [1.165, 1.54) is 14.2 Å². The van der Waals surface area contributed by atoms with Crippen LogP contribution in [0.5, 0.6) is 0 Å². The summed E-state index contributed by atoms with van der Waals surface area (Å²) in [4.78, 5) is 39.6. The third-order valence-electron chi connectivity index (χ3n) is 8.33. The minimum atomic E-state index is -1.71. The normalized spacial score (nSPS) is 15.5. The van der Waals surface area contributed by atoms with E-state index in [-0.39, 0.29) is 25.0 Å². The Morgan fingerprint density at radius 1 is 0.822 bits per heavy atom. The van der Waals surface area contributed by atoms with Crippen molar-refractivity contribution >= 4 is 44.8 Å². The van der Waals surface area contributed by atoms with Gasteiger partial charge in [-0.25, -0.2) is 0 Å². The molecule has 0 fully saturated rings. The zero-order valence-corrected chi connectivity index (χ0v) is 27.3. The molecule has 0 saturated carbocycles. The Morgan fingerprint density at radius 3 is 1.98 bits per heavy atom. The van der Waals surface area contributed by atoms with Crippen molar-refractivity contribution < 1.29 is 33.0 Å². The Labute approximate surface area is 271 Å². The lowest BCUT2D eigenvalue weighted by Crippen LogP contribution is -2.45. The van der Waals surface area contributed by atoms with Gasteiger partial charge in [-0.05, 0) is 47.8 Å². The molecule has 4 aromatic rings. The Morgan fingerprint density at radius 2 is 1.42 bits per heavy atom. The molecule has 0 aliphatic heterocycles. The quantitative estimate of drug-likeness (QED) is 0.125. The van der Waals surface area contributed by atoms with Crippen molar-refractivity contribution in [1.82, 2.24) is 0 Å². The van der Waals surface area contributed by atoms with Crippen LogP contribution in [0.3, 0.4) is 0 Å². The van der Waals surface area contributed by atoms with E-state index in [0.29, 0.717) is 23.5 Å². The predicted octanol–water partition coefficient (Wildman–Crippen LogP) is 8.00. The van der Waals surface area contributed by atoms with E-state index < -0.39 is 23.5 Å². The van der Waals surface area contributed by atoms with E-state index in [1.54, 1.807) is 14.0 Å². The Bertz CT molecular complexity index is 1700. The topological polar surface area (TPSA) is 92.0 Å². The van der Waals surface area contributed by atoms with Crippen LogP contribution in [-0.4, -0.2) is 39.1 Å². The molecule has 1 aliphatic carbocycles. The molecular weight excluding hydrogens is 636 g/mol. The van der Waals surface area contributed by atoms with Crippen LogP contribution < -0.4 is 0 Å². The second-order valence-electron chi connectivity index (χ2n) is 11.1. The molecule has 0 spiro atoms. The van der Waals surface area contributed by atoms with Gasteiger partial charge >= 0.3 is 11.9 Å². The number of hydrogen-bond donors (Lipinski definition) is 0. The van der Waals surface area contributed by atoms with Gasteiger partial charge in [-0.2, -0.15) is 0 Å². The fourth-order valence-electron chi connectivity index (χ4n) is 6.22. The molecule has 1 aromatic heterocycles. The highest BCUT2D eigenvalue weighted by molar-refractivity contribution is 9.10. The zero-order valence-electron chi connectivity index (χ0n) is 25.7. The summed E-state index contributed by atoms with van der Waals surface area (Å²) in [7, 11) is 4.17. The minimum absolute atomic E-state index is 0.0184. The standard InChI is InChI=1S/C37H35BrO7/c1-23(39)15-20-28(24-16-18-27(38)19-17-24)29-21-37(35(40)43-3,36(41)44-4)22-30-31(29)32(33(42-2)25-11-7-5-8-12-25)34(45-30)26-13-9-6-10-14-26/h5-14,16-19,33H,15,20-22H2,1-4H3/b29-28+/t33-/m0/s1. The molecule has 0 radical (unpaired) electrons. The Hall–Kier alpha value is -4.27. The average Bonchev–Trinajstić information content (AvgIpc) is 3.44. The molecule has 0 amide bonds. The van der Waals surface area contributed by atoms with E-state index in [1.807, 2.05) is 84.9 Å². The van der Waals surface area contributed by atoms with Crippen LogP contribution in [-0.2, 0) is 35.0 Å². The van der Waals surface area contributed by atoms with Gasteiger partial charge in [-0.3, -0.25) is 9.59 Å². The number of carbonyl (C=O) groups excluding carboxylic acids is 3. The smallest absolute Gasteiger partial charge is 0.324 e. The highest BCUT2D eigenvalue weighted by atomic mass is 79.9. The van der Waals surface area contributed by atoms with Crippen molar-refractivity contribution in [3.63, 3.8) is 0 Å². The zero-order chi connectivity index (χ0) is 32.1. The van der Waals surface area contributed by atoms with Crippen LogP contribution >= 0.6 is 15.9 Å². The first-order valence-electron chi connectivity index (χ1n) is 14.7. The van der Waals surface area contributed by atoms with E-state index >= 15 is 0 Å². The first-order valence-corrected chi connectivity index (χ1v) is 15.5. The first-order chi connectivity index (χ1) is 21.7. The number of halogens is 1. The average molecular weight is 672 g/mol. The monoisotopic (exact) mass is 670 g/mol. The van der Waals surface area contributed by atoms with Crippen molar-refractivity contribution in [3.8, 4) is 11.3 Å².